The first-order chi connectivity index (χ1) is 8.27. The van der Waals surface area contributed by atoms with Crippen molar-refractivity contribution in [3.63, 3.8) is 0 Å². The van der Waals surface area contributed by atoms with Crippen molar-refractivity contribution < 1.29 is 9.53 Å². The van der Waals surface area contributed by atoms with Crippen molar-refractivity contribution in [1.29, 1.82) is 0 Å². The Morgan fingerprint density at radius 2 is 2.00 bits per heavy atom. The molecule has 2 nitrogen and oxygen atoms in total. The molecule has 0 spiro atoms. The highest BCUT2D eigenvalue weighted by Crippen LogP contribution is 2.64. The van der Waals surface area contributed by atoms with Gasteiger partial charge in [-0.3, -0.25) is 0 Å². The molecular formula is C15H22O2. The average molecular weight is 234 g/mol. The molecule has 2 fully saturated rings. The van der Waals surface area contributed by atoms with Crippen molar-refractivity contribution in [3.8, 4) is 0 Å². The van der Waals surface area contributed by atoms with Crippen molar-refractivity contribution in [3.05, 3.63) is 11.1 Å². The van der Waals surface area contributed by atoms with Crippen molar-refractivity contribution >= 4 is 5.97 Å². The molecule has 2 heteroatoms. The lowest BCUT2D eigenvalue weighted by Crippen LogP contribution is -2.39. The number of unbranched alkanes of at least 4 members (excludes halogenated alkanes) is 1. The molecule has 3 aliphatic carbocycles. The summed E-state index contributed by atoms with van der Waals surface area (Å²) in [7, 11) is 1.52. The fraction of sp³-hybridized carbons (Fsp3) is 0.800. The van der Waals surface area contributed by atoms with Crippen LogP contribution in [-0.4, -0.2) is 13.1 Å². The lowest BCUT2D eigenvalue weighted by atomic mass is 9.60. The van der Waals surface area contributed by atoms with Crippen LogP contribution in [0.1, 0.15) is 45.4 Å². The topological polar surface area (TPSA) is 26.3 Å². The second-order valence-electron chi connectivity index (χ2n) is 5.92. The molecule has 0 amide bonds. The van der Waals surface area contributed by atoms with Crippen LogP contribution in [0.4, 0.5) is 0 Å². The number of fused-ring (bicyclic) bond motifs is 5. The van der Waals surface area contributed by atoms with Crippen molar-refractivity contribution in [2.45, 2.75) is 45.4 Å². The van der Waals surface area contributed by atoms with Crippen LogP contribution in [0.5, 0.6) is 0 Å². The van der Waals surface area contributed by atoms with E-state index in [-0.39, 0.29) is 5.97 Å². The van der Waals surface area contributed by atoms with E-state index in [1.807, 2.05) is 0 Å². The van der Waals surface area contributed by atoms with E-state index in [1.54, 1.807) is 0 Å². The number of rotatable bonds is 4. The second-order valence-corrected chi connectivity index (χ2v) is 5.92. The Kier molecular flexibility index (Phi) is 2.76. The zero-order chi connectivity index (χ0) is 12.0. The fourth-order valence-electron chi connectivity index (χ4n) is 4.55. The van der Waals surface area contributed by atoms with Crippen LogP contribution in [0.25, 0.3) is 0 Å². The summed E-state index contributed by atoms with van der Waals surface area (Å²) in [6.45, 7) is 2.22. The molecule has 3 rings (SSSR count). The van der Waals surface area contributed by atoms with E-state index in [9.17, 15) is 4.79 Å². The number of methoxy groups -OCH3 is 1. The minimum Gasteiger partial charge on any atom is -0.466 e. The minimum atomic E-state index is -0.0371. The normalized spacial score (nSPS) is 38.0. The fourth-order valence-corrected chi connectivity index (χ4v) is 4.55. The minimum absolute atomic E-state index is 0.0371. The molecule has 0 unspecified atom stereocenters. The molecular weight excluding hydrogens is 212 g/mol. The summed E-state index contributed by atoms with van der Waals surface area (Å²) >= 11 is 0. The Hall–Kier alpha value is -0.790. The number of esters is 1. The number of carbonyl (C=O) groups excluding carboxylic acids is 1. The van der Waals surface area contributed by atoms with Gasteiger partial charge in [0.05, 0.1) is 7.11 Å². The van der Waals surface area contributed by atoms with Crippen LogP contribution in [0.3, 0.4) is 0 Å². The standard InChI is InChI=1S/C15H22O2/c1-3-4-5-11-12-9-6-7-10(8-9)13(12)14(11)15(16)17-2/h9-10,12-13H,3-8H2,1-2H3/t9-,10+,12-,13-/m1/s1. The molecule has 0 aromatic rings. The maximum absolute atomic E-state index is 11.9. The van der Waals surface area contributed by atoms with Crippen molar-refractivity contribution in [1.82, 2.24) is 0 Å². The number of hydrogen-bond donors (Lipinski definition) is 0. The maximum atomic E-state index is 11.9. The van der Waals surface area contributed by atoms with Gasteiger partial charge in [-0.2, -0.15) is 0 Å². The molecule has 0 aromatic heterocycles. The van der Waals surface area contributed by atoms with Gasteiger partial charge in [-0.15, -0.1) is 0 Å². The summed E-state index contributed by atoms with van der Waals surface area (Å²) in [5.41, 5.74) is 2.55. The van der Waals surface area contributed by atoms with E-state index in [4.69, 9.17) is 4.74 Å². The van der Waals surface area contributed by atoms with E-state index in [2.05, 4.69) is 6.92 Å². The predicted octanol–water partition coefficient (Wildman–Crippen LogP) is 3.32. The smallest absolute Gasteiger partial charge is 0.334 e. The Balaban J connectivity index is 1.86. The summed E-state index contributed by atoms with van der Waals surface area (Å²) in [6.07, 6.45) is 7.67. The van der Waals surface area contributed by atoms with E-state index < -0.39 is 0 Å². The lowest BCUT2D eigenvalue weighted by Gasteiger charge is -2.44. The molecule has 0 heterocycles. The molecule has 2 bridgehead atoms. The summed E-state index contributed by atoms with van der Waals surface area (Å²) in [4.78, 5) is 11.9. The predicted molar refractivity (Wildman–Crippen MR) is 66.4 cm³/mol. The molecule has 2 saturated carbocycles. The molecule has 0 aliphatic heterocycles. The third-order valence-electron chi connectivity index (χ3n) is 5.20. The maximum Gasteiger partial charge on any atom is 0.334 e. The van der Waals surface area contributed by atoms with Crippen LogP contribution in [0, 0.1) is 23.7 Å². The number of hydrogen-bond acceptors (Lipinski definition) is 2. The Bertz CT molecular complexity index is 369. The van der Waals surface area contributed by atoms with Gasteiger partial charge in [0.15, 0.2) is 0 Å². The Labute approximate surface area is 103 Å². The highest BCUT2D eigenvalue weighted by molar-refractivity contribution is 5.92. The average Bonchev–Trinajstić information content (AvgIpc) is 2.87. The van der Waals surface area contributed by atoms with Crippen LogP contribution < -0.4 is 0 Å². The molecule has 0 N–H and O–H groups in total. The highest BCUT2D eigenvalue weighted by Gasteiger charge is 2.58. The van der Waals surface area contributed by atoms with E-state index in [0.29, 0.717) is 5.92 Å². The Morgan fingerprint density at radius 1 is 1.29 bits per heavy atom. The summed E-state index contributed by atoms with van der Waals surface area (Å²) < 4.78 is 4.98. The molecule has 17 heavy (non-hydrogen) atoms. The lowest BCUT2D eigenvalue weighted by molar-refractivity contribution is -0.138. The second kappa shape index (κ2) is 4.15. The molecule has 0 aromatic carbocycles. The van der Waals surface area contributed by atoms with Crippen molar-refractivity contribution in [2.75, 3.05) is 7.11 Å². The van der Waals surface area contributed by atoms with E-state index in [1.165, 1.54) is 44.8 Å². The zero-order valence-corrected chi connectivity index (χ0v) is 10.9. The number of carbonyl (C=O) groups is 1. The first-order valence-electron chi connectivity index (χ1n) is 7.09. The Morgan fingerprint density at radius 3 is 2.65 bits per heavy atom. The van der Waals surface area contributed by atoms with Crippen LogP contribution >= 0.6 is 0 Å². The number of allylic oxidation sites excluding steroid dienone is 1. The number of ether oxygens (including phenoxy) is 1. The highest BCUT2D eigenvalue weighted by atomic mass is 16.5. The third kappa shape index (κ3) is 1.49. The largest absolute Gasteiger partial charge is 0.466 e. The quantitative estimate of drug-likeness (QED) is 0.697. The molecule has 3 aliphatic rings. The molecule has 4 atom stereocenters. The SMILES string of the molecule is CCCCC1=C(C(=O)OC)[C@@H]2[C@H]3CC[C@H](C3)[C@H]12. The zero-order valence-electron chi connectivity index (χ0n) is 10.9. The van der Waals surface area contributed by atoms with E-state index >= 15 is 0 Å². The van der Waals surface area contributed by atoms with Gasteiger partial charge in [-0.1, -0.05) is 18.9 Å². The monoisotopic (exact) mass is 234 g/mol. The van der Waals surface area contributed by atoms with Crippen LogP contribution in [-0.2, 0) is 9.53 Å². The first kappa shape index (κ1) is 11.3. The summed E-state index contributed by atoms with van der Waals surface area (Å²) in [5.74, 6) is 2.99. The van der Waals surface area contributed by atoms with Crippen molar-refractivity contribution in [2.24, 2.45) is 23.7 Å². The van der Waals surface area contributed by atoms with Gasteiger partial charge < -0.3 is 4.74 Å². The first-order valence-corrected chi connectivity index (χ1v) is 7.09. The molecule has 0 saturated heterocycles. The molecule has 0 radical (unpaired) electrons. The van der Waals surface area contributed by atoms with Gasteiger partial charge in [0.2, 0.25) is 0 Å². The van der Waals surface area contributed by atoms with Crippen LogP contribution in [0.15, 0.2) is 11.1 Å². The third-order valence-corrected chi connectivity index (χ3v) is 5.20. The van der Waals surface area contributed by atoms with Gasteiger partial charge >= 0.3 is 5.97 Å². The van der Waals surface area contributed by atoms with E-state index in [0.717, 1.165) is 29.7 Å². The molecule has 94 valence electrons. The summed E-state index contributed by atoms with van der Waals surface area (Å²) in [6, 6.07) is 0. The summed E-state index contributed by atoms with van der Waals surface area (Å²) in [5, 5.41) is 0. The van der Waals surface area contributed by atoms with Gasteiger partial charge in [0, 0.05) is 11.5 Å². The van der Waals surface area contributed by atoms with Gasteiger partial charge in [-0.05, 0) is 49.9 Å². The van der Waals surface area contributed by atoms with Gasteiger partial charge in [0.1, 0.15) is 0 Å². The van der Waals surface area contributed by atoms with Gasteiger partial charge in [0.25, 0.3) is 0 Å². The van der Waals surface area contributed by atoms with Crippen LogP contribution in [0.2, 0.25) is 0 Å². The van der Waals surface area contributed by atoms with Gasteiger partial charge in [-0.25, -0.2) is 4.79 Å².